The van der Waals surface area contributed by atoms with Crippen molar-refractivity contribution in [2.45, 2.75) is 26.9 Å². The van der Waals surface area contributed by atoms with Crippen molar-refractivity contribution in [3.05, 3.63) is 29.8 Å². The van der Waals surface area contributed by atoms with E-state index in [0.29, 0.717) is 0 Å². The first-order valence-corrected chi connectivity index (χ1v) is 5.22. The number of aliphatic hydroxyl groups is 1. The van der Waals surface area contributed by atoms with Crippen LogP contribution in [-0.2, 0) is 0 Å². The van der Waals surface area contributed by atoms with E-state index in [1.54, 1.807) is 6.92 Å². The largest absolute Gasteiger partial charge is 0.389 e. The van der Waals surface area contributed by atoms with E-state index in [1.165, 1.54) is 5.69 Å². The minimum atomic E-state index is -0.374. The molecular weight excluding hydrogens is 174 g/mol. The van der Waals surface area contributed by atoms with Gasteiger partial charge < -0.3 is 10.0 Å². The second kappa shape index (κ2) is 5.01. The standard InChI is InChI=1S/C12H19NO/c1-4-13(5-2)12-8-6-11(7-9-12)10(3)14/h6-10,14H,4-5H2,1-3H3. The van der Waals surface area contributed by atoms with Crippen LogP contribution in [0.25, 0.3) is 0 Å². The third-order valence-corrected chi connectivity index (χ3v) is 2.50. The van der Waals surface area contributed by atoms with E-state index < -0.39 is 0 Å². The highest BCUT2D eigenvalue weighted by Crippen LogP contribution is 2.18. The molecule has 0 radical (unpaired) electrons. The zero-order valence-corrected chi connectivity index (χ0v) is 9.20. The smallest absolute Gasteiger partial charge is 0.0761 e. The second-order valence-corrected chi connectivity index (χ2v) is 3.44. The van der Waals surface area contributed by atoms with E-state index in [-0.39, 0.29) is 6.10 Å². The van der Waals surface area contributed by atoms with Crippen molar-refractivity contribution in [2.24, 2.45) is 0 Å². The fourth-order valence-corrected chi connectivity index (χ4v) is 1.55. The van der Waals surface area contributed by atoms with Gasteiger partial charge in [-0.15, -0.1) is 0 Å². The van der Waals surface area contributed by atoms with Gasteiger partial charge >= 0.3 is 0 Å². The number of aliphatic hydroxyl groups excluding tert-OH is 1. The molecule has 2 nitrogen and oxygen atoms in total. The van der Waals surface area contributed by atoms with Crippen LogP contribution < -0.4 is 4.90 Å². The quantitative estimate of drug-likeness (QED) is 0.794. The summed E-state index contributed by atoms with van der Waals surface area (Å²) in [7, 11) is 0. The Kier molecular flexibility index (Phi) is 3.96. The Morgan fingerprint density at radius 2 is 1.64 bits per heavy atom. The average molecular weight is 193 g/mol. The highest BCUT2D eigenvalue weighted by molar-refractivity contribution is 5.47. The second-order valence-electron chi connectivity index (χ2n) is 3.44. The van der Waals surface area contributed by atoms with Crippen LogP contribution in [0.3, 0.4) is 0 Å². The number of hydrogen-bond donors (Lipinski definition) is 1. The molecule has 0 spiro atoms. The molecule has 1 atom stereocenters. The van der Waals surface area contributed by atoms with Crippen molar-refractivity contribution in [1.82, 2.24) is 0 Å². The molecule has 1 N–H and O–H groups in total. The highest BCUT2D eigenvalue weighted by Gasteiger charge is 2.03. The molecule has 2 heteroatoms. The summed E-state index contributed by atoms with van der Waals surface area (Å²) in [5, 5.41) is 9.35. The van der Waals surface area contributed by atoms with Crippen LogP contribution in [0.5, 0.6) is 0 Å². The first kappa shape index (κ1) is 11.1. The van der Waals surface area contributed by atoms with Crippen molar-refractivity contribution in [3.63, 3.8) is 0 Å². The minimum absolute atomic E-state index is 0.374. The van der Waals surface area contributed by atoms with Gasteiger partial charge in [-0.2, -0.15) is 0 Å². The maximum atomic E-state index is 9.35. The number of benzene rings is 1. The molecule has 0 saturated heterocycles. The Hall–Kier alpha value is -1.02. The van der Waals surface area contributed by atoms with Gasteiger partial charge in [-0.05, 0) is 38.5 Å². The van der Waals surface area contributed by atoms with Gasteiger partial charge in [0.05, 0.1) is 6.10 Å². The number of rotatable bonds is 4. The predicted molar refractivity (Wildman–Crippen MR) is 60.6 cm³/mol. The predicted octanol–water partition coefficient (Wildman–Crippen LogP) is 2.59. The van der Waals surface area contributed by atoms with Crippen LogP contribution >= 0.6 is 0 Å². The molecular formula is C12H19NO. The van der Waals surface area contributed by atoms with Gasteiger partial charge in [0, 0.05) is 18.8 Å². The normalized spacial score (nSPS) is 12.6. The van der Waals surface area contributed by atoms with Gasteiger partial charge in [0.1, 0.15) is 0 Å². The average Bonchev–Trinajstić information content (AvgIpc) is 2.20. The van der Waals surface area contributed by atoms with Gasteiger partial charge in [0.25, 0.3) is 0 Å². The maximum Gasteiger partial charge on any atom is 0.0761 e. The minimum Gasteiger partial charge on any atom is -0.389 e. The number of anilines is 1. The van der Waals surface area contributed by atoms with Crippen LogP contribution in [0.1, 0.15) is 32.4 Å². The monoisotopic (exact) mass is 193 g/mol. The fourth-order valence-electron chi connectivity index (χ4n) is 1.55. The lowest BCUT2D eigenvalue weighted by atomic mass is 10.1. The molecule has 0 aromatic heterocycles. The van der Waals surface area contributed by atoms with Crippen LogP contribution in [0.15, 0.2) is 24.3 Å². The molecule has 0 amide bonds. The summed E-state index contributed by atoms with van der Waals surface area (Å²) in [5.41, 5.74) is 2.19. The molecule has 0 aliphatic heterocycles. The summed E-state index contributed by atoms with van der Waals surface area (Å²) in [6, 6.07) is 8.10. The van der Waals surface area contributed by atoms with E-state index in [0.717, 1.165) is 18.7 Å². The van der Waals surface area contributed by atoms with E-state index in [4.69, 9.17) is 0 Å². The van der Waals surface area contributed by atoms with E-state index in [2.05, 4.69) is 30.9 Å². The molecule has 14 heavy (non-hydrogen) atoms. The lowest BCUT2D eigenvalue weighted by molar-refractivity contribution is 0.199. The van der Waals surface area contributed by atoms with Crippen molar-refractivity contribution in [2.75, 3.05) is 18.0 Å². The van der Waals surface area contributed by atoms with Gasteiger partial charge in [-0.25, -0.2) is 0 Å². The molecule has 78 valence electrons. The van der Waals surface area contributed by atoms with Crippen LogP contribution in [0, 0.1) is 0 Å². The topological polar surface area (TPSA) is 23.5 Å². The summed E-state index contributed by atoms with van der Waals surface area (Å²) in [5.74, 6) is 0. The summed E-state index contributed by atoms with van der Waals surface area (Å²) >= 11 is 0. The van der Waals surface area contributed by atoms with Crippen molar-refractivity contribution >= 4 is 5.69 Å². The lowest BCUT2D eigenvalue weighted by Crippen LogP contribution is -2.21. The summed E-state index contributed by atoms with van der Waals surface area (Å²) in [6.45, 7) is 8.11. The van der Waals surface area contributed by atoms with Crippen LogP contribution in [-0.4, -0.2) is 18.2 Å². The van der Waals surface area contributed by atoms with Crippen LogP contribution in [0.4, 0.5) is 5.69 Å². The number of nitrogens with zero attached hydrogens (tertiary/aromatic N) is 1. The van der Waals surface area contributed by atoms with Gasteiger partial charge in [-0.1, -0.05) is 12.1 Å². The van der Waals surface area contributed by atoms with Crippen LogP contribution in [0.2, 0.25) is 0 Å². The highest BCUT2D eigenvalue weighted by atomic mass is 16.3. The van der Waals surface area contributed by atoms with Crippen molar-refractivity contribution in [1.29, 1.82) is 0 Å². The third-order valence-electron chi connectivity index (χ3n) is 2.50. The Labute approximate surface area is 86.2 Å². The summed E-state index contributed by atoms with van der Waals surface area (Å²) < 4.78 is 0. The first-order chi connectivity index (χ1) is 6.69. The lowest BCUT2D eigenvalue weighted by Gasteiger charge is -2.21. The molecule has 0 aliphatic carbocycles. The van der Waals surface area contributed by atoms with Crippen molar-refractivity contribution < 1.29 is 5.11 Å². The Morgan fingerprint density at radius 1 is 1.14 bits per heavy atom. The zero-order valence-electron chi connectivity index (χ0n) is 9.20. The Balaban J connectivity index is 2.81. The molecule has 0 aliphatic rings. The third kappa shape index (κ3) is 2.48. The molecule has 1 aromatic carbocycles. The molecule has 1 aromatic rings. The summed E-state index contributed by atoms with van der Waals surface area (Å²) in [4.78, 5) is 2.28. The molecule has 1 rings (SSSR count). The van der Waals surface area contributed by atoms with E-state index in [1.807, 2.05) is 12.1 Å². The molecule has 0 bridgehead atoms. The van der Waals surface area contributed by atoms with Gasteiger partial charge in [0.2, 0.25) is 0 Å². The molecule has 0 saturated carbocycles. The molecule has 0 heterocycles. The number of hydrogen-bond acceptors (Lipinski definition) is 2. The zero-order chi connectivity index (χ0) is 10.6. The van der Waals surface area contributed by atoms with Gasteiger partial charge in [-0.3, -0.25) is 0 Å². The van der Waals surface area contributed by atoms with E-state index >= 15 is 0 Å². The van der Waals surface area contributed by atoms with Crippen molar-refractivity contribution in [3.8, 4) is 0 Å². The SMILES string of the molecule is CCN(CC)c1ccc(C(C)O)cc1. The molecule has 0 fully saturated rings. The Morgan fingerprint density at radius 3 is 2.00 bits per heavy atom. The maximum absolute atomic E-state index is 9.35. The Bertz CT molecular complexity index is 262. The fraction of sp³-hybridized carbons (Fsp3) is 0.500. The summed E-state index contributed by atoms with van der Waals surface area (Å²) in [6.07, 6.45) is -0.374. The molecule has 1 unspecified atom stereocenters. The van der Waals surface area contributed by atoms with E-state index in [9.17, 15) is 5.11 Å². The first-order valence-electron chi connectivity index (χ1n) is 5.22. The van der Waals surface area contributed by atoms with Gasteiger partial charge in [0.15, 0.2) is 0 Å².